The Morgan fingerprint density at radius 1 is 1.40 bits per heavy atom. The second-order valence-corrected chi connectivity index (χ2v) is 3.23. The van der Waals surface area contributed by atoms with E-state index in [0.717, 1.165) is 24.3 Å². The van der Waals surface area contributed by atoms with E-state index in [1.54, 1.807) is 0 Å². The van der Waals surface area contributed by atoms with Crippen molar-refractivity contribution in [2.24, 2.45) is 10.7 Å². The maximum Gasteiger partial charge on any atom is 0.125 e. The first-order chi connectivity index (χ1) is 7.27. The van der Waals surface area contributed by atoms with Crippen molar-refractivity contribution in [3.8, 4) is 5.75 Å². The molecule has 0 heterocycles. The van der Waals surface area contributed by atoms with E-state index in [0.29, 0.717) is 12.4 Å². The highest BCUT2D eigenvalue weighted by atomic mass is 16.5. The lowest BCUT2D eigenvalue weighted by molar-refractivity contribution is 0.340. The standard InChI is InChI=1S/C12H18N2O/c1-3-8-14-12(13)10-6-5-7-11(9-10)15-4-2/h5-7,9H,3-4,8H2,1-2H3,(H2,13,14). The van der Waals surface area contributed by atoms with Crippen LogP contribution in [0.25, 0.3) is 0 Å². The molecule has 0 amide bonds. The van der Waals surface area contributed by atoms with Crippen LogP contribution in [0.1, 0.15) is 25.8 Å². The summed E-state index contributed by atoms with van der Waals surface area (Å²) in [5.74, 6) is 1.42. The SMILES string of the molecule is CCCN=C(N)c1cccc(OCC)c1. The van der Waals surface area contributed by atoms with Gasteiger partial charge < -0.3 is 10.5 Å². The van der Waals surface area contributed by atoms with Crippen molar-refractivity contribution in [2.45, 2.75) is 20.3 Å². The molecule has 0 aliphatic carbocycles. The molecule has 3 nitrogen and oxygen atoms in total. The number of aliphatic imine (C=N–C) groups is 1. The Hall–Kier alpha value is -1.51. The van der Waals surface area contributed by atoms with E-state index in [1.807, 2.05) is 31.2 Å². The monoisotopic (exact) mass is 206 g/mol. The number of nitrogens with zero attached hydrogens (tertiary/aromatic N) is 1. The van der Waals surface area contributed by atoms with Gasteiger partial charge in [-0.3, -0.25) is 4.99 Å². The van der Waals surface area contributed by atoms with Crippen LogP contribution in [0, 0.1) is 0 Å². The zero-order valence-electron chi connectivity index (χ0n) is 9.36. The summed E-state index contributed by atoms with van der Waals surface area (Å²) in [6.07, 6.45) is 1.01. The van der Waals surface area contributed by atoms with Crippen LogP contribution in [0.4, 0.5) is 0 Å². The van der Waals surface area contributed by atoms with Gasteiger partial charge in [-0.2, -0.15) is 0 Å². The third-order valence-corrected chi connectivity index (χ3v) is 1.95. The summed E-state index contributed by atoms with van der Waals surface area (Å²) in [5.41, 5.74) is 6.77. The number of hydrogen-bond donors (Lipinski definition) is 1. The van der Waals surface area contributed by atoms with Gasteiger partial charge in [0.1, 0.15) is 11.6 Å². The molecule has 0 unspecified atom stereocenters. The Kier molecular flexibility index (Phi) is 4.68. The minimum atomic E-state index is 0.582. The van der Waals surface area contributed by atoms with Crippen molar-refractivity contribution >= 4 is 5.84 Å². The predicted octanol–water partition coefficient (Wildman–Crippen LogP) is 2.20. The largest absolute Gasteiger partial charge is 0.494 e. The Bertz CT molecular complexity index is 334. The molecule has 0 spiro atoms. The van der Waals surface area contributed by atoms with Crippen LogP contribution in [0.3, 0.4) is 0 Å². The van der Waals surface area contributed by atoms with Crippen molar-refractivity contribution in [3.63, 3.8) is 0 Å². The van der Waals surface area contributed by atoms with E-state index in [9.17, 15) is 0 Å². The number of hydrogen-bond acceptors (Lipinski definition) is 2. The lowest BCUT2D eigenvalue weighted by Gasteiger charge is -2.05. The second-order valence-electron chi connectivity index (χ2n) is 3.23. The predicted molar refractivity (Wildman–Crippen MR) is 63.5 cm³/mol. The molecule has 1 aromatic carbocycles. The van der Waals surface area contributed by atoms with Gasteiger partial charge in [-0.25, -0.2) is 0 Å². The van der Waals surface area contributed by atoms with Crippen LogP contribution >= 0.6 is 0 Å². The number of ether oxygens (including phenoxy) is 1. The first-order valence-electron chi connectivity index (χ1n) is 5.31. The molecule has 0 aliphatic rings. The summed E-state index contributed by atoms with van der Waals surface area (Å²) < 4.78 is 5.39. The summed E-state index contributed by atoms with van der Waals surface area (Å²) >= 11 is 0. The fourth-order valence-corrected chi connectivity index (χ4v) is 1.24. The molecule has 0 saturated carbocycles. The van der Waals surface area contributed by atoms with Crippen LogP contribution in [0.15, 0.2) is 29.3 Å². The lowest BCUT2D eigenvalue weighted by atomic mass is 10.2. The third-order valence-electron chi connectivity index (χ3n) is 1.95. The minimum absolute atomic E-state index is 0.582. The molecule has 2 N–H and O–H groups in total. The normalized spacial score (nSPS) is 11.5. The van der Waals surface area contributed by atoms with Crippen molar-refractivity contribution in [2.75, 3.05) is 13.2 Å². The summed E-state index contributed by atoms with van der Waals surface area (Å²) in [4.78, 5) is 4.25. The zero-order valence-corrected chi connectivity index (χ0v) is 9.36. The van der Waals surface area contributed by atoms with E-state index in [-0.39, 0.29) is 0 Å². The van der Waals surface area contributed by atoms with Gasteiger partial charge in [0, 0.05) is 12.1 Å². The molecule has 1 aromatic rings. The molecule has 0 aliphatic heterocycles. The smallest absolute Gasteiger partial charge is 0.125 e. The van der Waals surface area contributed by atoms with E-state index in [1.165, 1.54) is 0 Å². The van der Waals surface area contributed by atoms with Crippen molar-refractivity contribution in [1.29, 1.82) is 0 Å². The van der Waals surface area contributed by atoms with Crippen molar-refractivity contribution in [3.05, 3.63) is 29.8 Å². The number of rotatable bonds is 5. The van der Waals surface area contributed by atoms with Gasteiger partial charge in [0.05, 0.1) is 6.61 Å². The molecule has 1 rings (SSSR count). The molecule has 0 radical (unpaired) electrons. The summed E-state index contributed by atoms with van der Waals surface area (Å²) in [6.45, 7) is 5.47. The number of nitrogens with two attached hydrogens (primary N) is 1. The average molecular weight is 206 g/mol. The maximum absolute atomic E-state index is 5.84. The van der Waals surface area contributed by atoms with Crippen LogP contribution in [-0.4, -0.2) is 19.0 Å². The average Bonchev–Trinajstić information content (AvgIpc) is 2.27. The number of amidine groups is 1. The quantitative estimate of drug-likeness (QED) is 0.593. The molecule has 0 bridgehead atoms. The minimum Gasteiger partial charge on any atom is -0.494 e. The summed E-state index contributed by atoms with van der Waals surface area (Å²) in [5, 5.41) is 0. The van der Waals surface area contributed by atoms with E-state index >= 15 is 0 Å². The Labute approximate surface area is 91.0 Å². The van der Waals surface area contributed by atoms with E-state index in [4.69, 9.17) is 10.5 Å². The second kappa shape index (κ2) is 6.06. The summed E-state index contributed by atoms with van der Waals surface area (Å²) in [7, 11) is 0. The van der Waals surface area contributed by atoms with Gasteiger partial charge in [-0.15, -0.1) is 0 Å². The molecule has 0 atom stereocenters. The van der Waals surface area contributed by atoms with Crippen molar-refractivity contribution in [1.82, 2.24) is 0 Å². The van der Waals surface area contributed by atoms with Gasteiger partial charge >= 0.3 is 0 Å². The van der Waals surface area contributed by atoms with Crippen LogP contribution in [0.5, 0.6) is 5.75 Å². The Balaban J connectivity index is 2.80. The van der Waals surface area contributed by atoms with Crippen LogP contribution < -0.4 is 10.5 Å². The summed E-state index contributed by atoms with van der Waals surface area (Å²) in [6, 6.07) is 7.70. The highest BCUT2D eigenvalue weighted by Crippen LogP contribution is 2.12. The molecular formula is C12H18N2O. The first kappa shape index (κ1) is 11.6. The fraction of sp³-hybridized carbons (Fsp3) is 0.417. The number of benzene rings is 1. The maximum atomic E-state index is 5.84. The van der Waals surface area contributed by atoms with E-state index < -0.39 is 0 Å². The third kappa shape index (κ3) is 3.62. The molecule has 3 heteroatoms. The highest BCUT2D eigenvalue weighted by Gasteiger charge is 1.99. The van der Waals surface area contributed by atoms with Gasteiger partial charge in [-0.1, -0.05) is 19.1 Å². The topological polar surface area (TPSA) is 47.6 Å². The zero-order chi connectivity index (χ0) is 11.1. The molecule has 0 fully saturated rings. The van der Waals surface area contributed by atoms with Crippen molar-refractivity contribution < 1.29 is 4.74 Å². The lowest BCUT2D eigenvalue weighted by Crippen LogP contribution is -2.14. The fourth-order valence-electron chi connectivity index (χ4n) is 1.24. The highest BCUT2D eigenvalue weighted by molar-refractivity contribution is 5.97. The molecule has 15 heavy (non-hydrogen) atoms. The Morgan fingerprint density at radius 3 is 2.87 bits per heavy atom. The van der Waals surface area contributed by atoms with Gasteiger partial charge in [0.15, 0.2) is 0 Å². The van der Waals surface area contributed by atoms with Gasteiger partial charge in [0.2, 0.25) is 0 Å². The molecular weight excluding hydrogens is 188 g/mol. The molecule has 0 aromatic heterocycles. The Morgan fingerprint density at radius 2 is 2.20 bits per heavy atom. The van der Waals surface area contributed by atoms with Crippen LogP contribution in [-0.2, 0) is 0 Å². The van der Waals surface area contributed by atoms with E-state index in [2.05, 4.69) is 11.9 Å². The van der Waals surface area contributed by atoms with Gasteiger partial charge in [-0.05, 0) is 25.5 Å². The first-order valence-corrected chi connectivity index (χ1v) is 5.31. The van der Waals surface area contributed by atoms with Crippen LogP contribution in [0.2, 0.25) is 0 Å². The molecule has 0 saturated heterocycles. The molecule has 82 valence electrons. The van der Waals surface area contributed by atoms with Gasteiger partial charge in [0.25, 0.3) is 0 Å².